The molecule has 4 nitrogen and oxygen atoms in total. The maximum absolute atomic E-state index is 5.60. The van der Waals surface area contributed by atoms with E-state index in [9.17, 15) is 0 Å². The molecule has 5 heteroatoms. The highest BCUT2D eigenvalue weighted by atomic mass is 32.1. The molecule has 1 aliphatic rings. The molecule has 1 aliphatic heterocycles. The van der Waals surface area contributed by atoms with E-state index in [1.54, 1.807) is 25.6 Å². The van der Waals surface area contributed by atoms with Gasteiger partial charge in [-0.15, -0.1) is 11.3 Å². The number of hydrogen-bond acceptors (Lipinski definition) is 5. The number of rotatable bonds is 6. The Morgan fingerprint density at radius 3 is 2.87 bits per heavy atom. The van der Waals surface area contributed by atoms with Crippen LogP contribution in [0.4, 0.5) is 0 Å². The molecule has 0 spiro atoms. The lowest BCUT2D eigenvalue weighted by atomic mass is 10.0. The third kappa shape index (κ3) is 3.51. The fraction of sp³-hybridized carbons (Fsp3) is 0.500. The minimum Gasteiger partial charge on any atom is -0.497 e. The van der Waals surface area contributed by atoms with Crippen molar-refractivity contribution < 1.29 is 9.47 Å². The summed E-state index contributed by atoms with van der Waals surface area (Å²) in [5.41, 5.74) is 2.43. The van der Waals surface area contributed by atoms with Crippen molar-refractivity contribution in [3.8, 4) is 11.5 Å². The second-order valence-electron chi connectivity index (χ2n) is 5.82. The van der Waals surface area contributed by atoms with Crippen LogP contribution < -0.4 is 9.47 Å². The summed E-state index contributed by atoms with van der Waals surface area (Å²) in [7, 11) is 3.41. The molecular weight excluding hydrogens is 308 g/mol. The fourth-order valence-electron chi connectivity index (χ4n) is 3.25. The highest BCUT2D eigenvalue weighted by Crippen LogP contribution is 2.39. The number of ether oxygens (including phenoxy) is 2. The molecule has 1 atom stereocenters. The number of thiazole rings is 1. The Balaban J connectivity index is 1.81. The molecule has 1 aromatic carbocycles. The Morgan fingerprint density at radius 1 is 1.30 bits per heavy atom. The molecule has 2 heterocycles. The van der Waals surface area contributed by atoms with Crippen molar-refractivity contribution in [2.75, 3.05) is 20.8 Å². The zero-order valence-electron chi connectivity index (χ0n) is 14.0. The van der Waals surface area contributed by atoms with Crippen molar-refractivity contribution in [1.82, 2.24) is 9.88 Å². The SMILES string of the molecule is CCc1nc(CN2CCCC2c2ccc(OC)cc2OC)cs1. The maximum atomic E-state index is 5.60. The van der Waals surface area contributed by atoms with Gasteiger partial charge >= 0.3 is 0 Å². The highest BCUT2D eigenvalue weighted by molar-refractivity contribution is 7.09. The monoisotopic (exact) mass is 332 g/mol. The Bertz CT molecular complexity index is 656. The van der Waals surface area contributed by atoms with E-state index >= 15 is 0 Å². The first-order valence-corrected chi connectivity index (χ1v) is 9.02. The molecular formula is C18H24N2O2S. The summed E-state index contributed by atoms with van der Waals surface area (Å²) in [6.07, 6.45) is 3.39. The van der Waals surface area contributed by atoms with Crippen molar-refractivity contribution in [2.24, 2.45) is 0 Å². The minimum atomic E-state index is 0.391. The van der Waals surface area contributed by atoms with Crippen molar-refractivity contribution in [2.45, 2.75) is 38.8 Å². The molecule has 23 heavy (non-hydrogen) atoms. The van der Waals surface area contributed by atoms with Gasteiger partial charge in [0.15, 0.2) is 0 Å². The van der Waals surface area contributed by atoms with Gasteiger partial charge in [0, 0.05) is 29.6 Å². The van der Waals surface area contributed by atoms with Crippen LogP contribution in [0.5, 0.6) is 11.5 Å². The summed E-state index contributed by atoms with van der Waals surface area (Å²) in [5.74, 6) is 1.75. The Labute approximate surface area is 142 Å². The van der Waals surface area contributed by atoms with Crippen LogP contribution >= 0.6 is 11.3 Å². The molecule has 0 amide bonds. The van der Waals surface area contributed by atoms with Gasteiger partial charge in [0.2, 0.25) is 0 Å². The van der Waals surface area contributed by atoms with Crippen LogP contribution in [0, 0.1) is 0 Å². The number of aromatic nitrogens is 1. The van der Waals surface area contributed by atoms with Gasteiger partial charge in [0.1, 0.15) is 11.5 Å². The zero-order chi connectivity index (χ0) is 16.2. The number of aryl methyl sites for hydroxylation is 1. The average Bonchev–Trinajstić information content (AvgIpc) is 3.23. The summed E-state index contributed by atoms with van der Waals surface area (Å²) in [4.78, 5) is 7.23. The summed E-state index contributed by atoms with van der Waals surface area (Å²) in [6, 6.07) is 6.53. The summed E-state index contributed by atoms with van der Waals surface area (Å²) >= 11 is 1.76. The van der Waals surface area contributed by atoms with E-state index in [4.69, 9.17) is 14.5 Å². The Morgan fingerprint density at radius 2 is 2.17 bits per heavy atom. The molecule has 124 valence electrons. The third-order valence-electron chi connectivity index (χ3n) is 4.43. The van der Waals surface area contributed by atoms with Crippen molar-refractivity contribution in [1.29, 1.82) is 0 Å². The maximum Gasteiger partial charge on any atom is 0.127 e. The molecule has 0 aliphatic carbocycles. The first-order chi connectivity index (χ1) is 11.2. The molecule has 0 saturated carbocycles. The van der Waals surface area contributed by atoms with Crippen molar-refractivity contribution in [3.05, 3.63) is 39.8 Å². The van der Waals surface area contributed by atoms with Gasteiger partial charge in [0.05, 0.1) is 24.9 Å². The number of likely N-dealkylation sites (tertiary alicyclic amines) is 1. The van der Waals surface area contributed by atoms with E-state index in [-0.39, 0.29) is 0 Å². The lowest BCUT2D eigenvalue weighted by molar-refractivity contribution is 0.240. The number of methoxy groups -OCH3 is 2. The van der Waals surface area contributed by atoms with Gasteiger partial charge in [-0.25, -0.2) is 4.98 Å². The molecule has 1 saturated heterocycles. The summed E-state index contributed by atoms with van der Waals surface area (Å²) in [6.45, 7) is 4.18. The molecule has 1 unspecified atom stereocenters. The smallest absolute Gasteiger partial charge is 0.127 e. The van der Waals surface area contributed by atoms with Crippen LogP contribution in [0.25, 0.3) is 0 Å². The minimum absolute atomic E-state index is 0.391. The third-order valence-corrected chi connectivity index (χ3v) is 5.47. The number of nitrogens with zero attached hydrogens (tertiary/aromatic N) is 2. The first-order valence-electron chi connectivity index (χ1n) is 8.14. The predicted molar refractivity (Wildman–Crippen MR) is 93.4 cm³/mol. The van der Waals surface area contributed by atoms with Gasteiger partial charge in [-0.2, -0.15) is 0 Å². The summed E-state index contributed by atoms with van der Waals surface area (Å²) < 4.78 is 10.9. The Hall–Kier alpha value is -1.59. The van der Waals surface area contributed by atoms with E-state index in [0.717, 1.165) is 37.4 Å². The van der Waals surface area contributed by atoms with Gasteiger partial charge in [-0.3, -0.25) is 4.90 Å². The fourth-order valence-corrected chi connectivity index (χ4v) is 3.99. The molecule has 3 rings (SSSR count). The largest absolute Gasteiger partial charge is 0.497 e. The quantitative estimate of drug-likeness (QED) is 0.799. The van der Waals surface area contributed by atoms with E-state index in [1.165, 1.54) is 22.7 Å². The Kier molecular flexibility index (Phi) is 5.18. The normalized spacial score (nSPS) is 18.3. The molecule has 0 N–H and O–H groups in total. The van der Waals surface area contributed by atoms with Crippen LogP contribution in [0.2, 0.25) is 0 Å². The van der Waals surface area contributed by atoms with Crippen molar-refractivity contribution >= 4 is 11.3 Å². The van der Waals surface area contributed by atoms with Crippen LogP contribution in [0.15, 0.2) is 23.6 Å². The molecule has 0 bridgehead atoms. The molecule has 0 radical (unpaired) electrons. The van der Waals surface area contributed by atoms with Gasteiger partial charge in [-0.1, -0.05) is 13.0 Å². The van der Waals surface area contributed by atoms with Crippen LogP contribution in [0.1, 0.15) is 42.1 Å². The number of hydrogen-bond donors (Lipinski definition) is 0. The number of benzene rings is 1. The lowest BCUT2D eigenvalue weighted by Crippen LogP contribution is -2.23. The van der Waals surface area contributed by atoms with Gasteiger partial charge < -0.3 is 9.47 Å². The van der Waals surface area contributed by atoms with Crippen LogP contribution in [0.3, 0.4) is 0 Å². The lowest BCUT2D eigenvalue weighted by Gasteiger charge is -2.25. The van der Waals surface area contributed by atoms with Gasteiger partial charge in [0.25, 0.3) is 0 Å². The van der Waals surface area contributed by atoms with E-state index in [1.807, 2.05) is 12.1 Å². The van der Waals surface area contributed by atoms with Crippen molar-refractivity contribution in [3.63, 3.8) is 0 Å². The zero-order valence-corrected chi connectivity index (χ0v) is 14.9. The first kappa shape index (κ1) is 16.3. The van der Waals surface area contributed by atoms with Crippen LogP contribution in [-0.2, 0) is 13.0 Å². The molecule has 1 fully saturated rings. The molecule has 2 aromatic rings. The topological polar surface area (TPSA) is 34.6 Å². The van der Waals surface area contributed by atoms with E-state index < -0.39 is 0 Å². The summed E-state index contributed by atoms with van der Waals surface area (Å²) in [5, 5.41) is 3.41. The second kappa shape index (κ2) is 7.32. The van der Waals surface area contributed by atoms with Crippen LogP contribution in [-0.4, -0.2) is 30.6 Å². The standard InChI is InChI=1S/C18H24N2O2S/c1-4-18-19-13(12-23-18)11-20-9-5-6-16(20)15-8-7-14(21-2)10-17(15)22-3/h7-8,10,12,16H,4-6,9,11H2,1-3H3. The predicted octanol–water partition coefficient (Wildman–Crippen LogP) is 4.06. The van der Waals surface area contributed by atoms with E-state index in [0.29, 0.717) is 6.04 Å². The average molecular weight is 332 g/mol. The highest BCUT2D eigenvalue weighted by Gasteiger charge is 2.29. The van der Waals surface area contributed by atoms with E-state index in [2.05, 4.69) is 23.3 Å². The second-order valence-corrected chi connectivity index (χ2v) is 6.77. The molecule has 1 aromatic heterocycles. The van der Waals surface area contributed by atoms with Gasteiger partial charge in [-0.05, 0) is 31.9 Å².